The Balaban J connectivity index is 1.65. The summed E-state index contributed by atoms with van der Waals surface area (Å²) in [5.74, 6) is 0.898. The second kappa shape index (κ2) is 12.4. The highest BCUT2D eigenvalue weighted by atomic mass is 35.5. The van der Waals surface area contributed by atoms with E-state index in [1.807, 2.05) is 0 Å². The van der Waals surface area contributed by atoms with E-state index in [2.05, 4.69) is 4.98 Å². The molecule has 3 N–H and O–H groups in total. The molecule has 2 unspecified atom stereocenters. The van der Waals surface area contributed by atoms with Gasteiger partial charge < -0.3 is 34.1 Å². The standard InChI is InChI=1S/C24H24ClF3N3O8PS/c1-34-13-3-7-15(8-4-13)38-40(41,39-16-9-5-14(35-2)6-10-16)36-12-24(22(27)28)19(32)18(26)21(37-24)31-11-17(25)20(29)30-23(31)33/h3-11,18-19,21-22,32H,12H2,1-2H3,(H2,29,30,33)/t18?,19?,21-,24-/m1/s1. The van der Waals surface area contributed by atoms with Crippen molar-refractivity contribution in [2.75, 3.05) is 26.6 Å². The third-order valence-electron chi connectivity index (χ3n) is 5.99. The molecular weight excluding hydrogens is 614 g/mol. The van der Waals surface area contributed by atoms with Gasteiger partial charge in [-0.05, 0) is 48.5 Å². The van der Waals surface area contributed by atoms with E-state index in [1.165, 1.54) is 38.5 Å². The van der Waals surface area contributed by atoms with E-state index >= 15 is 4.39 Å². The predicted octanol–water partition coefficient (Wildman–Crippen LogP) is 4.13. The summed E-state index contributed by atoms with van der Waals surface area (Å²) >= 11 is 11.4. The largest absolute Gasteiger partial charge is 0.497 e. The van der Waals surface area contributed by atoms with E-state index in [-0.39, 0.29) is 22.3 Å². The second-order valence-corrected chi connectivity index (χ2v) is 11.8. The van der Waals surface area contributed by atoms with Crippen molar-refractivity contribution < 1.29 is 46.1 Å². The summed E-state index contributed by atoms with van der Waals surface area (Å²) in [7, 11) is 2.92. The van der Waals surface area contributed by atoms with Gasteiger partial charge in [-0.25, -0.2) is 18.0 Å². The van der Waals surface area contributed by atoms with Gasteiger partial charge >= 0.3 is 12.4 Å². The highest BCUT2D eigenvalue weighted by Crippen LogP contribution is 2.53. The molecule has 0 spiro atoms. The lowest BCUT2D eigenvalue weighted by Crippen LogP contribution is -2.52. The highest BCUT2D eigenvalue weighted by molar-refractivity contribution is 8.07. The van der Waals surface area contributed by atoms with Crippen LogP contribution in [0, 0.1) is 0 Å². The first-order valence-corrected chi connectivity index (χ1v) is 14.6. The van der Waals surface area contributed by atoms with Gasteiger partial charge in [-0.1, -0.05) is 11.6 Å². The van der Waals surface area contributed by atoms with Crippen molar-refractivity contribution in [3.8, 4) is 23.0 Å². The van der Waals surface area contributed by atoms with Crippen LogP contribution in [0.25, 0.3) is 0 Å². The van der Waals surface area contributed by atoms with Crippen molar-refractivity contribution in [3.05, 3.63) is 70.2 Å². The molecule has 1 fully saturated rings. The number of aliphatic hydroxyl groups is 1. The van der Waals surface area contributed by atoms with Crippen molar-refractivity contribution >= 4 is 35.9 Å². The van der Waals surface area contributed by atoms with Crippen LogP contribution in [-0.4, -0.2) is 59.8 Å². The SMILES string of the molecule is COc1ccc(OP(=S)(OC[C@@]2(C(F)F)O[C@@H](n3cc(Cl)c(N)nc3=O)C(F)C2O)Oc2ccc(OC)cc2)cc1. The van der Waals surface area contributed by atoms with Crippen LogP contribution in [0.3, 0.4) is 0 Å². The minimum absolute atomic E-state index is 0.136. The molecule has 0 aliphatic carbocycles. The zero-order valence-electron chi connectivity index (χ0n) is 21.4. The summed E-state index contributed by atoms with van der Waals surface area (Å²) in [6, 6.07) is 12.1. The summed E-state index contributed by atoms with van der Waals surface area (Å²) in [6.45, 7) is -5.22. The summed E-state index contributed by atoms with van der Waals surface area (Å²) in [5.41, 5.74) is 1.33. The first kappa shape index (κ1) is 30.9. The molecule has 41 heavy (non-hydrogen) atoms. The first-order valence-electron chi connectivity index (χ1n) is 11.7. The number of nitrogens with zero attached hydrogens (tertiary/aromatic N) is 2. The van der Waals surface area contributed by atoms with Crippen molar-refractivity contribution in [3.63, 3.8) is 0 Å². The smallest absolute Gasteiger partial charge is 0.435 e. The van der Waals surface area contributed by atoms with E-state index < -0.39 is 49.5 Å². The minimum Gasteiger partial charge on any atom is -0.497 e. The molecule has 0 bridgehead atoms. The lowest BCUT2D eigenvalue weighted by molar-refractivity contribution is -0.192. The molecule has 222 valence electrons. The van der Waals surface area contributed by atoms with Gasteiger partial charge in [0.1, 0.15) is 34.9 Å². The average molecular weight is 638 g/mol. The topological polar surface area (TPSA) is 137 Å². The number of nitrogens with two attached hydrogens (primary N) is 1. The number of hydrogen-bond donors (Lipinski definition) is 2. The van der Waals surface area contributed by atoms with Gasteiger partial charge in [0.05, 0.1) is 25.8 Å². The predicted molar refractivity (Wildman–Crippen MR) is 145 cm³/mol. The molecular formula is C24H24ClF3N3O8PS. The molecule has 1 saturated heterocycles. The van der Waals surface area contributed by atoms with Crippen LogP contribution < -0.4 is 29.9 Å². The van der Waals surface area contributed by atoms with Gasteiger partial charge in [0.2, 0.25) is 0 Å². The van der Waals surface area contributed by atoms with Gasteiger partial charge in [-0.15, -0.1) is 0 Å². The van der Waals surface area contributed by atoms with Crippen LogP contribution in [0.2, 0.25) is 5.02 Å². The molecule has 3 aromatic rings. The molecule has 2 heterocycles. The number of ether oxygens (including phenoxy) is 3. The van der Waals surface area contributed by atoms with Crippen molar-refractivity contribution in [1.82, 2.24) is 9.55 Å². The number of aromatic nitrogens is 2. The number of anilines is 1. The second-order valence-electron chi connectivity index (χ2n) is 8.57. The van der Waals surface area contributed by atoms with Crippen molar-refractivity contribution in [2.24, 2.45) is 0 Å². The Morgan fingerprint density at radius 1 is 1.10 bits per heavy atom. The normalized spacial score (nSPS) is 22.5. The Bertz CT molecular complexity index is 1420. The minimum atomic E-state index is -4.02. The zero-order valence-corrected chi connectivity index (χ0v) is 23.8. The number of methoxy groups -OCH3 is 2. The maximum absolute atomic E-state index is 15.3. The van der Waals surface area contributed by atoms with Gasteiger partial charge in [0.15, 0.2) is 18.0 Å². The number of benzene rings is 2. The average Bonchev–Trinajstić information content (AvgIpc) is 3.21. The quantitative estimate of drug-likeness (QED) is 0.294. The Labute approximate surface area is 241 Å². The fourth-order valence-electron chi connectivity index (χ4n) is 3.78. The first-order chi connectivity index (χ1) is 19.4. The maximum atomic E-state index is 15.3. The lowest BCUT2D eigenvalue weighted by Gasteiger charge is -2.32. The van der Waals surface area contributed by atoms with Gasteiger partial charge in [-0.3, -0.25) is 9.09 Å². The summed E-state index contributed by atoms with van der Waals surface area (Å²) in [6.07, 6.45) is -9.74. The summed E-state index contributed by atoms with van der Waals surface area (Å²) in [5, 5.41) is 10.4. The van der Waals surface area contributed by atoms with Crippen LogP contribution in [0.5, 0.6) is 23.0 Å². The van der Waals surface area contributed by atoms with E-state index in [0.29, 0.717) is 16.1 Å². The van der Waals surface area contributed by atoms with Crippen LogP contribution in [0.15, 0.2) is 59.5 Å². The van der Waals surface area contributed by atoms with Gasteiger partial charge in [0, 0.05) is 18.0 Å². The monoisotopic (exact) mass is 637 g/mol. The van der Waals surface area contributed by atoms with Crippen LogP contribution in [0.4, 0.5) is 19.0 Å². The number of nitrogen functional groups attached to an aromatic ring is 1. The van der Waals surface area contributed by atoms with Crippen LogP contribution in [0.1, 0.15) is 6.23 Å². The molecule has 1 aliphatic rings. The third-order valence-corrected chi connectivity index (χ3v) is 8.36. The molecule has 1 aromatic heterocycles. The molecule has 4 rings (SSSR count). The van der Waals surface area contributed by atoms with E-state index in [1.54, 1.807) is 24.3 Å². The zero-order chi connectivity index (χ0) is 29.9. The van der Waals surface area contributed by atoms with Crippen molar-refractivity contribution in [2.45, 2.75) is 30.5 Å². The fraction of sp³-hybridized carbons (Fsp3) is 0.333. The molecule has 11 nitrogen and oxygen atoms in total. The Hall–Kier alpha value is -3.07. The van der Waals surface area contributed by atoms with Crippen LogP contribution in [-0.2, 0) is 21.1 Å². The summed E-state index contributed by atoms with van der Waals surface area (Å²) in [4.78, 5) is 15.7. The fourth-order valence-corrected chi connectivity index (χ4v) is 5.87. The molecule has 0 radical (unpaired) electrons. The van der Waals surface area contributed by atoms with Crippen LogP contribution >= 0.6 is 18.3 Å². The number of alkyl halides is 3. The van der Waals surface area contributed by atoms with E-state index in [9.17, 15) is 18.7 Å². The molecule has 4 atom stereocenters. The number of halogens is 4. The van der Waals surface area contributed by atoms with Gasteiger partial charge in [0.25, 0.3) is 6.43 Å². The molecule has 0 saturated carbocycles. The Kier molecular flexibility index (Phi) is 9.36. The van der Waals surface area contributed by atoms with E-state index in [4.69, 9.17) is 56.9 Å². The van der Waals surface area contributed by atoms with Crippen molar-refractivity contribution in [1.29, 1.82) is 0 Å². The highest BCUT2D eigenvalue weighted by Gasteiger charge is 2.62. The molecule has 2 aromatic carbocycles. The number of hydrogen-bond acceptors (Lipinski definition) is 11. The van der Waals surface area contributed by atoms with E-state index in [0.717, 1.165) is 6.20 Å². The molecule has 17 heteroatoms. The third kappa shape index (κ3) is 6.55. The Morgan fingerprint density at radius 3 is 2.05 bits per heavy atom. The summed E-state index contributed by atoms with van der Waals surface area (Å²) < 4.78 is 77.6. The maximum Gasteiger partial charge on any atom is 0.435 e. The number of aliphatic hydroxyl groups excluding tert-OH is 1. The molecule has 0 amide bonds. The van der Waals surface area contributed by atoms with Gasteiger partial charge in [-0.2, -0.15) is 4.98 Å². The molecule has 1 aliphatic heterocycles. The Morgan fingerprint density at radius 2 is 1.59 bits per heavy atom. The number of rotatable bonds is 11. The lowest BCUT2D eigenvalue weighted by atomic mass is 9.97.